The lowest BCUT2D eigenvalue weighted by Gasteiger charge is -2.39. The second-order valence-corrected chi connectivity index (χ2v) is 15.2. The normalized spacial score (nSPS) is 15.4. The van der Waals surface area contributed by atoms with Gasteiger partial charge in [-0.2, -0.15) is 5.26 Å². The van der Waals surface area contributed by atoms with E-state index in [4.69, 9.17) is 9.97 Å². The van der Waals surface area contributed by atoms with Crippen LogP contribution < -0.4 is 0 Å². The summed E-state index contributed by atoms with van der Waals surface area (Å²) < 4.78 is 4.70. The van der Waals surface area contributed by atoms with Crippen molar-refractivity contribution >= 4 is 55.4 Å². The summed E-state index contributed by atoms with van der Waals surface area (Å²) in [5.41, 5.74) is 13.1. The van der Waals surface area contributed by atoms with Crippen LogP contribution in [0, 0.1) is 11.3 Å². The number of hydrogen-bond acceptors (Lipinski definition) is 4. The maximum absolute atomic E-state index is 9.80. The molecule has 5 nitrogen and oxygen atoms in total. The Labute approximate surface area is 314 Å². The van der Waals surface area contributed by atoms with E-state index in [9.17, 15) is 5.26 Å². The number of fused-ring (bicyclic) bond motifs is 15. The molecule has 5 heterocycles. The van der Waals surface area contributed by atoms with Crippen molar-refractivity contribution in [3.8, 4) is 28.8 Å². The zero-order valence-electron chi connectivity index (χ0n) is 28.7. The number of nitrogens with zero attached hydrogens (tertiary/aromatic N) is 5. The molecule has 1 aliphatic carbocycles. The molecule has 1 atom stereocenters. The highest BCUT2D eigenvalue weighted by atomic mass is 32.2. The first kappa shape index (κ1) is 29.6. The Morgan fingerprint density at radius 1 is 0.481 bits per heavy atom. The number of rotatable bonds is 2. The van der Waals surface area contributed by atoms with Gasteiger partial charge in [0.05, 0.1) is 62.4 Å². The van der Waals surface area contributed by atoms with Gasteiger partial charge in [-0.25, -0.2) is 0 Å². The molecule has 54 heavy (non-hydrogen) atoms. The van der Waals surface area contributed by atoms with Gasteiger partial charge in [0.1, 0.15) is 0 Å². The molecule has 4 aromatic heterocycles. The highest BCUT2D eigenvalue weighted by Crippen LogP contribution is 2.62. The monoisotopic (exact) mass is 705 g/mol. The number of benzene rings is 6. The van der Waals surface area contributed by atoms with Gasteiger partial charge in [-0.3, -0.25) is 9.97 Å². The van der Waals surface area contributed by atoms with Crippen LogP contribution in [0.3, 0.4) is 0 Å². The van der Waals surface area contributed by atoms with Crippen molar-refractivity contribution in [2.24, 2.45) is 0 Å². The van der Waals surface area contributed by atoms with Crippen molar-refractivity contribution in [2.45, 2.75) is 15.2 Å². The Kier molecular flexibility index (Phi) is 5.92. The second-order valence-electron chi connectivity index (χ2n) is 14.1. The molecule has 0 saturated carbocycles. The van der Waals surface area contributed by atoms with E-state index >= 15 is 0 Å². The summed E-state index contributed by atoms with van der Waals surface area (Å²) in [7, 11) is 0. The van der Waals surface area contributed by atoms with Gasteiger partial charge in [0.25, 0.3) is 0 Å². The van der Waals surface area contributed by atoms with E-state index in [-0.39, 0.29) is 0 Å². The smallest absolute Gasteiger partial charge is 0.0991 e. The molecule has 0 N–H and O–H groups in total. The zero-order valence-corrected chi connectivity index (χ0v) is 29.5. The lowest BCUT2D eigenvalue weighted by atomic mass is 9.67. The first-order valence-electron chi connectivity index (χ1n) is 18.0. The molecule has 250 valence electrons. The van der Waals surface area contributed by atoms with Crippen LogP contribution in [0.4, 0.5) is 0 Å². The third kappa shape index (κ3) is 3.73. The van der Waals surface area contributed by atoms with Gasteiger partial charge in [0.15, 0.2) is 0 Å². The van der Waals surface area contributed by atoms with Crippen molar-refractivity contribution in [1.29, 1.82) is 5.26 Å². The Morgan fingerprint density at radius 3 is 1.83 bits per heavy atom. The van der Waals surface area contributed by atoms with E-state index in [1.54, 1.807) is 0 Å². The third-order valence-corrected chi connectivity index (χ3v) is 12.6. The molecular formula is C48H27N5S. The Bertz CT molecular complexity index is 3240. The number of para-hydroxylation sites is 3. The summed E-state index contributed by atoms with van der Waals surface area (Å²) in [4.78, 5) is 12.8. The molecule has 6 heteroatoms. The summed E-state index contributed by atoms with van der Waals surface area (Å²) in [6.45, 7) is 0. The molecule has 1 unspecified atom stereocenters. The molecule has 1 spiro atoms. The quantitative estimate of drug-likeness (QED) is 0.180. The minimum absolute atomic E-state index is 0.654. The minimum atomic E-state index is -0.680. The van der Waals surface area contributed by atoms with E-state index in [1.807, 2.05) is 36.3 Å². The number of nitriles is 1. The molecule has 10 aromatic rings. The maximum Gasteiger partial charge on any atom is 0.0991 e. The lowest BCUT2D eigenvalue weighted by Crippen LogP contribution is -2.32. The molecule has 0 radical (unpaired) electrons. The van der Waals surface area contributed by atoms with Crippen molar-refractivity contribution in [3.05, 3.63) is 192 Å². The van der Waals surface area contributed by atoms with Crippen LogP contribution >= 0.6 is 11.8 Å². The Hall–Kier alpha value is -6.94. The van der Waals surface area contributed by atoms with Gasteiger partial charge in [0, 0.05) is 48.8 Å². The number of hydrogen-bond donors (Lipinski definition) is 0. The van der Waals surface area contributed by atoms with Crippen LogP contribution in [0.1, 0.15) is 27.8 Å². The van der Waals surface area contributed by atoms with Crippen LogP contribution in [0.15, 0.2) is 174 Å². The van der Waals surface area contributed by atoms with E-state index in [0.29, 0.717) is 5.56 Å². The van der Waals surface area contributed by atoms with Gasteiger partial charge in [-0.1, -0.05) is 90.6 Å². The predicted octanol–water partition coefficient (Wildman–Crippen LogP) is 11.4. The molecule has 12 rings (SSSR count). The zero-order chi connectivity index (χ0) is 35.5. The molecule has 2 aliphatic rings. The molecule has 0 amide bonds. The van der Waals surface area contributed by atoms with Crippen molar-refractivity contribution in [2.75, 3.05) is 0 Å². The van der Waals surface area contributed by atoms with Crippen LogP contribution in [0.5, 0.6) is 0 Å². The molecule has 1 aliphatic heterocycles. The van der Waals surface area contributed by atoms with Crippen molar-refractivity contribution in [1.82, 2.24) is 19.1 Å². The lowest BCUT2D eigenvalue weighted by molar-refractivity contribution is 0.717. The number of pyridine rings is 2. The first-order valence-corrected chi connectivity index (χ1v) is 18.9. The summed E-state index contributed by atoms with van der Waals surface area (Å²) >= 11 is 1.83. The summed E-state index contributed by atoms with van der Waals surface area (Å²) in [6, 6.07) is 56.5. The fraction of sp³-hybridized carbons (Fsp3) is 0.0208. The standard InChI is InChI=1S/C48H27N5S/c49-27-29-19-21-43-35(24-29)34-12-3-7-17-42(34)52(43)30-20-22-45-38(25-30)48(36-13-4-8-18-44(36)54-45)37-14-9-23-50-46(37)47-39(48)26-31(28-51-47)53-40-15-5-1-10-32(40)33-11-2-6-16-41(33)53/h1-26,28H. The maximum atomic E-state index is 9.80. The largest absolute Gasteiger partial charge is 0.309 e. The van der Waals surface area contributed by atoms with Crippen LogP contribution in [0.2, 0.25) is 0 Å². The van der Waals surface area contributed by atoms with Crippen LogP contribution in [-0.4, -0.2) is 19.1 Å². The third-order valence-electron chi connectivity index (χ3n) is 11.5. The molecule has 6 aromatic carbocycles. The predicted molar refractivity (Wildman–Crippen MR) is 217 cm³/mol. The van der Waals surface area contributed by atoms with E-state index in [2.05, 4.69) is 155 Å². The van der Waals surface area contributed by atoms with Crippen LogP contribution in [-0.2, 0) is 5.41 Å². The number of aromatic nitrogens is 4. The Balaban J connectivity index is 1.19. The summed E-state index contributed by atoms with van der Waals surface area (Å²) in [6.07, 6.45) is 3.90. The van der Waals surface area contributed by atoms with E-state index in [0.717, 1.165) is 66.7 Å². The fourth-order valence-electron chi connectivity index (χ4n) is 9.36. The molecule has 0 bridgehead atoms. The average Bonchev–Trinajstić information content (AvgIpc) is 3.85. The SMILES string of the molecule is N#Cc1ccc2c(c1)c1ccccc1n2-c1ccc2c(c1)C1(c3ccccc3S2)c2cccnc2-c2ncc(-n3c4ccccc4c4ccccc43)cc21. The molecular weight excluding hydrogens is 679 g/mol. The van der Waals surface area contributed by atoms with Crippen molar-refractivity contribution in [3.63, 3.8) is 0 Å². The molecule has 0 saturated heterocycles. The van der Waals surface area contributed by atoms with E-state index < -0.39 is 5.41 Å². The second kappa shape index (κ2) is 10.8. The topological polar surface area (TPSA) is 59.4 Å². The molecule has 0 fully saturated rings. The highest BCUT2D eigenvalue weighted by Gasteiger charge is 2.52. The van der Waals surface area contributed by atoms with Crippen LogP contribution in [0.25, 0.3) is 66.4 Å². The van der Waals surface area contributed by atoms with E-state index in [1.165, 1.54) is 31.7 Å². The minimum Gasteiger partial charge on any atom is -0.309 e. The fourth-order valence-corrected chi connectivity index (χ4v) is 10.5. The Morgan fingerprint density at radius 2 is 1.07 bits per heavy atom. The van der Waals surface area contributed by atoms with Gasteiger partial charge in [-0.15, -0.1) is 0 Å². The van der Waals surface area contributed by atoms with Gasteiger partial charge in [-0.05, 0) is 89.5 Å². The summed E-state index contributed by atoms with van der Waals surface area (Å²) in [5.74, 6) is 0. The average molecular weight is 706 g/mol. The van der Waals surface area contributed by atoms with Gasteiger partial charge >= 0.3 is 0 Å². The van der Waals surface area contributed by atoms with Gasteiger partial charge in [0.2, 0.25) is 0 Å². The highest BCUT2D eigenvalue weighted by molar-refractivity contribution is 7.99. The summed E-state index contributed by atoms with van der Waals surface area (Å²) in [5, 5.41) is 14.4. The van der Waals surface area contributed by atoms with Crippen molar-refractivity contribution < 1.29 is 0 Å². The van der Waals surface area contributed by atoms with Gasteiger partial charge < -0.3 is 9.13 Å². The first-order chi connectivity index (χ1) is 26.7.